The summed E-state index contributed by atoms with van der Waals surface area (Å²) in [6, 6.07) is 6.43. The lowest BCUT2D eigenvalue weighted by Crippen LogP contribution is -2.41. The summed E-state index contributed by atoms with van der Waals surface area (Å²) in [4.78, 5) is 18.6. The van der Waals surface area contributed by atoms with Gasteiger partial charge in [0, 0.05) is 19.0 Å². The van der Waals surface area contributed by atoms with Crippen molar-refractivity contribution in [2.24, 2.45) is 0 Å². The number of fused-ring (bicyclic) bond motifs is 1. The fourth-order valence-electron chi connectivity index (χ4n) is 4.00. The first-order chi connectivity index (χ1) is 11.0. The Labute approximate surface area is 136 Å². The van der Waals surface area contributed by atoms with Crippen LogP contribution in [0.4, 0.5) is 0 Å². The van der Waals surface area contributed by atoms with Crippen LogP contribution in [0.2, 0.25) is 0 Å². The molecule has 1 aromatic heterocycles. The number of aryl methyl sites for hydroxylation is 1. The van der Waals surface area contributed by atoms with Crippen LogP contribution < -0.4 is 0 Å². The van der Waals surface area contributed by atoms with Crippen LogP contribution >= 0.6 is 0 Å². The Balaban J connectivity index is 1.82. The lowest BCUT2D eigenvalue weighted by atomic mass is 9.87. The molecule has 2 aromatic rings. The molecule has 1 aromatic carbocycles. The summed E-state index contributed by atoms with van der Waals surface area (Å²) in [6.45, 7) is 4.22. The van der Waals surface area contributed by atoms with Gasteiger partial charge in [0.15, 0.2) is 0 Å². The summed E-state index contributed by atoms with van der Waals surface area (Å²) < 4.78 is 1.96. The van der Waals surface area contributed by atoms with Crippen LogP contribution in [0.15, 0.2) is 24.5 Å². The standard InChI is InChI=1S/C18H22N4O/c1-18(2)14(10-16(23)21(18)3)17-19-11-20-22(17)15-9-5-7-12-6-4-8-13(12)15/h5,7,9,11,14H,4,6,8,10H2,1-3H3. The predicted octanol–water partition coefficient (Wildman–Crippen LogP) is 2.48. The van der Waals surface area contributed by atoms with Gasteiger partial charge >= 0.3 is 0 Å². The lowest BCUT2D eigenvalue weighted by molar-refractivity contribution is -0.128. The number of carbonyl (C=O) groups excluding carboxylic acids is 1. The number of amides is 1. The molecule has 0 bridgehead atoms. The van der Waals surface area contributed by atoms with Gasteiger partial charge in [0.05, 0.1) is 11.6 Å². The summed E-state index contributed by atoms with van der Waals surface area (Å²) in [6.07, 6.45) is 5.55. The Hall–Kier alpha value is -2.17. The van der Waals surface area contributed by atoms with Gasteiger partial charge in [0.1, 0.15) is 12.2 Å². The largest absolute Gasteiger partial charge is 0.340 e. The molecule has 0 saturated carbocycles. The molecule has 4 rings (SSSR count). The molecule has 5 heteroatoms. The van der Waals surface area contributed by atoms with Crippen molar-refractivity contribution in [2.45, 2.75) is 51.0 Å². The van der Waals surface area contributed by atoms with E-state index in [1.54, 1.807) is 6.33 Å². The lowest BCUT2D eigenvalue weighted by Gasteiger charge is -2.32. The number of hydrogen-bond donors (Lipinski definition) is 0. The third kappa shape index (κ3) is 2.02. The molecule has 23 heavy (non-hydrogen) atoms. The van der Waals surface area contributed by atoms with E-state index in [0.717, 1.165) is 24.4 Å². The number of aromatic nitrogens is 3. The quantitative estimate of drug-likeness (QED) is 0.856. The summed E-state index contributed by atoms with van der Waals surface area (Å²) in [7, 11) is 1.88. The molecule has 120 valence electrons. The molecular formula is C18H22N4O. The van der Waals surface area contributed by atoms with E-state index in [1.165, 1.54) is 17.5 Å². The molecule has 1 amide bonds. The molecule has 2 heterocycles. The van der Waals surface area contributed by atoms with Gasteiger partial charge in [-0.2, -0.15) is 5.10 Å². The molecule has 1 unspecified atom stereocenters. The highest BCUT2D eigenvalue weighted by Gasteiger charge is 2.47. The molecule has 5 nitrogen and oxygen atoms in total. The van der Waals surface area contributed by atoms with Crippen LogP contribution in [0.1, 0.15) is 49.6 Å². The number of rotatable bonds is 2. The van der Waals surface area contributed by atoms with Crippen molar-refractivity contribution in [3.8, 4) is 5.69 Å². The first-order valence-corrected chi connectivity index (χ1v) is 8.28. The summed E-state index contributed by atoms with van der Waals surface area (Å²) in [5.74, 6) is 1.13. The van der Waals surface area contributed by atoms with Crippen molar-refractivity contribution in [3.05, 3.63) is 41.5 Å². The van der Waals surface area contributed by atoms with E-state index in [2.05, 4.69) is 42.1 Å². The van der Waals surface area contributed by atoms with Crippen LogP contribution in [-0.2, 0) is 17.6 Å². The zero-order valence-corrected chi connectivity index (χ0v) is 13.9. The topological polar surface area (TPSA) is 51.0 Å². The first-order valence-electron chi connectivity index (χ1n) is 8.28. The van der Waals surface area contributed by atoms with E-state index in [1.807, 2.05) is 16.6 Å². The van der Waals surface area contributed by atoms with E-state index in [9.17, 15) is 4.79 Å². The van der Waals surface area contributed by atoms with Gasteiger partial charge in [-0.1, -0.05) is 12.1 Å². The summed E-state index contributed by atoms with van der Waals surface area (Å²) in [5, 5.41) is 4.50. The fraction of sp³-hybridized carbons (Fsp3) is 0.500. The van der Waals surface area contributed by atoms with Crippen molar-refractivity contribution in [3.63, 3.8) is 0 Å². The van der Waals surface area contributed by atoms with Gasteiger partial charge in [-0.3, -0.25) is 4.79 Å². The van der Waals surface area contributed by atoms with Gasteiger partial charge in [-0.15, -0.1) is 0 Å². The van der Waals surface area contributed by atoms with Crippen molar-refractivity contribution in [1.29, 1.82) is 0 Å². The number of hydrogen-bond acceptors (Lipinski definition) is 3. The van der Waals surface area contributed by atoms with Crippen molar-refractivity contribution in [2.75, 3.05) is 7.05 Å². The molecule has 0 N–H and O–H groups in total. The Morgan fingerprint density at radius 1 is 1.26 bits per heavy atom. The zero-order chi connectivity index (χ0) is 16.2. The Morgan fingerprint density at radius 2 is 2.09 bits per heavy atom. The van der Waals surface area contributed by atoms with E-state index in [0.29, 0.717) is 6.42 Å². The Morgan fingerprint density at radius 3 is 2.83 bits per heavy atom. The Kier molecular flexibility index (Phi) is 3.08. The number of nitrogens with zero attached hydrogens (tertiary/aromatic N) is 4. The maximum atomic E-state index is 12.2. The second-order valence-electron chi connectivity index (χ2n) is 7.16. The van der Waals surface area contributed by atoms with Crippen LogP contribution in [0.3, 0.4) is 0 Å². The summed E-state index contributed by atoms with van der Waals surface area (Å²) >= 11 is 0. The van der Waals surface area contributed by atoms with Crippen molar-refractivity contribution < 1.29 is 4.79 Å². The highest BCUT2D eigenvalue weighted by atomic mass is 16.2. The second-order valence-corrected chi connectivity index (χ2v) is 7.16. The van der Waals surface area contributed by atoms with Gasteiger partial charge in [-0.25, -0.2) is 9.67 Å². The van der Waals surface area contributed by atoms with Crippen LogP contribution in [0, 0.1) is 0 Å². The molecule has 1 fully saturated rings. The minimum atomic E-state index is -0.250. The number of likely N-dealkylation sites (N-methyl/N-ethyl adjacent to an activating group) is 1. The molecular weight excluding hydrogens is 288 g/mol. The molecule has 1 aliphatic heterocycles. The third-order valence-electron chi connectivity index (χ3n) is 5.71. The van der Waals surface area contributed by atoms with Gasteiger partial charge in [0.2, 0.25) is 5.91 Å². The SMILES string of the molecule is CN1C(=O)CC(c2ncnn2-c2cccc3c2CCC3)C1(C)C. The maximum Gasteiger partial charge on any atom is 0.223 e. The second kappa shape index (κ2) is 4.91. The van der Waals surface area contributed by atoms with E-state index in [4.69, 9.17) is 0 Å². The minimum absolute atomic E-state index is 0.0553. The maximum absolute atomic E-state index is 12.2. The Bertz CT molecular complexity index is 777. The number of likely N-dealkylation sites (tertiary alicyclic amines) is 1. The highest BCUT2D eigenvalue weighted by Crippen LogP contribution is 2.41. The number of carbonyl (C=O) groups is 1. The average molecular weight is 310 g/mol. The smallest absolute Gasteiger partial charge is 0.223 e. The molecule has 1 aliphatic carbocycles. The van der Waals surface area contributed by atoms with Gasteiger partial charge in [-0.05, 0) is 50.3 Å². The van der Waals surface area contributed by atoms with E-state index < -0.39 is 0 Å². The van der Waals surface area contributed by atoms with Crippen LogP contribution in [0.5, 0.6) is 0 Å². The van der Waals surface area contributed by atoms with Crippen LogP contribution in [0.25, 0.3) is 5.69 Å². The van der Waals surface area contributed by atoms with Crippen molar-refractivity contribution in [1.82, 2.24) is 19.7 Å². The average Bonchev–Trinajstić information content (AvgIpc) is 3.22. The molecule has 1 saturated heterocycles. The third-order valence-corrected chi connectivity index (χ3v) is 5.71. The van der Waals surface area contributed by atoms with Crippen LogP contribution in [-0.4, -0.2) is 38.2 Å². The highest BCUT2D eigenvalue weighted by molar-refractivity contribution is 5.81. The molecule has 0 radical (unpaired) electrons. The number of benzene rings is 1. The van der Waals surface area contributed by atoms with E-state index in [-0.39, 0.29) is 17.4 Å². The van der Waals surface area contributed by atoms with E-state index >= 15 is 0 Å². The molecule has 0 spiro atoms. The van der Waals surface area contributed by atoms with Gasteiger partial charge in [0.25, 0.3) is 0 Å². The van der Waals surface area contributed by atoms with Gasteiger partial charge < -0.3 is 4.90 Å². The normalized spacial score (nSPS) is 22.7. The zero-order valence-electron chi connectivity index (χ0n) is 13.9. The summed E-state index contributed by atoms with van der Waals surface area (Å²) in [5.41, 5.74) is 3.68. The molecule has 1 atom stereocenters. The van der Waals surface area contributed by atoms with Crippen molar-refractivity contribution >= 4 is 5.91 Å². The predicted molar refractivity (Wildman–Crippen MR) is 87.6 cm³/mol. The first kappa shape index (κ1) is 14.4. The monoisotopic (exact) mass is 310 g/mol. The molecule has 2 aliphatic rings. The fourth-order valence-corrected chi connectivity index (χ4v) is 4.00. The minimum Gasteiger partial charge on any atom is -0.340 e.